The molecule has 0 fully saturated rings. The Bertz CT molecular complexity index is 973. The molecule has 9 nitrogen and oxygen atoms in total. The van der Waals surface area contributed by atoms with Gasteiger partial charge < -0.3 is 25.6 Å². The Hall–Kier alpha value is -1.85. The Kier molecular flexibility index (Phi) is 6.07. The third kappa shape index (κ3) is 4.04. The van der Waals surface area contributed by atoms with Crippen LogP contribution in [0.1, 0.15) is 22.3 Å². The zero-order valence-corrected chi connectivity index (χ0v) is 17.5. The number of hydrogen-bond donors (Lipinski definition) is 3. The average molecular weight is 401 g/mol. The van der Waals surface area contributed by atoms with E-state index in [0.717, 1.165) is 11.0 Å². The number of nitrogens with two attached hydrogens (primary N) is 1. The summed E-state index contributed by atoms with van der Waals surface area (Å²) in [5, 5.41) is 11.1. The largest absolute Gasteiger partial charge is 1.00 e. The van der Waals surface area contributed by atoms with E-state index >= 15 is 0 Å². The minimum Gasteiger partial charge on any atom is -0.746 e. The number of rotatable bonds is 3. The fourth-order valence-electron chi connectivity index (χ4n) is 3.09. The van der Waals surface area contributed by atoms with Gasteiger partial charge in [-0.25, -0.2) is 8.42 Å². The number of anilines is 1. The number of fused-ring (bicyclic) bond motifs is 2. The normalized spacial score (nSPS) is 21.6. The Balaban J connectivity index is 0.00000261. The minimum atomic E-state index is -4.87. The first-order valence-electron chi connectivity index (χ1n) is 7.64. The van der Waals surface area contributed by atoms with Gasteiger partial charge in [-0.2, -0.15) is 0 Å². The van der Waals surface area contributed by atoms with E-state index in [1.54, 1.807) is 6.92 Å². The second kappa shape index (κ2) is 7.64. The van der Waals surface area contributed by atoms with Crippen molar-refractivity contribution in [3.05, 3.63) is 47.2 Å². The van der Waals surface area contributed by atoms with Crippen LogP contribution in [-0.4, -0.2) is 46.2 Å². The van der Waals surface area contributed by atoms with Gasteiger partial charge in [-0.05, 0) is 30.5 Å². The molecule has 2 heterocycles. The molecule has 0 aromatic heterocycles. The van der Waals surface area contributed by atoms with Crippen molar-refractivity contribution in [2.45, 2.75) is 24.8 Å². The van der Waals surface area contributed by atoms with E-state index in [9.17, 15) is 27.7 Å². The molecule has 3 rings (SSSR count). The third-order valence-electron chi connectivity index (χ3n) is 4.36. The molecule has 0 saturated heterocycles. The van der Waals surface area contributed by atoms with Crippen molar-refractivity contribution in [2.75, 3.05) is 5.32 Å². The third-order valence-corrected chi connectivity index (χ3v) is 5.41. The summed E-state index contributed by atoms with van der Waals surface area (Å²) in [6.07, 6.45) is 3.85. The summed E-state index contributed by atoms with van der Waals surface area (Å²) >= 11 is 0. The summed E-state index contributed by atoms with van der Waals surface area (Å²) in [4.78, 5) is 24.9. The fourth-order valence-corrected chi connectivity index (χ4v) is 3.97. The van der Waals surface area contributed by atoms with Crippen molar-refractivity contribution in [1.29, 1.82) is 0 Å². The number of primary amides is 1. The SMILES string of the molecule is Cc1ccc2c(c1O)NC(S(=O)(=O)[O-])C1CC(/C=C/C(N)=O)=CN1C2=O.[Na+]. The van der Waals surface area contributed by atoms with Crippen LogP contribution in [0.2, 0.25) is 0 Å². The average Bonchev–Trinajstić information content (AvgIpc) is 2.91. The van der Waals surface area contributed by atoms with Crippen LogP contribution in [0, 0.1) is 6.92 Å². The summed E-state index contributed by atoms with van der Waals surface area (Å²) in [5.74, 6) is -1.55. The van der Waals surface area contributed by atoms with Crippen LogP contribution in [0.4, 0.5) is 5.69 Å². The smallest absolute Gasteiger partial charge is 0.746 e. The molecule has 2 aliphatic rings. The van der Waals surface area contributed by atoms with Crippen molar-refractivity contribution in [3.8, 4) is 5.75 Å². The maximum Gasteiger partial charge on any atom is 1.00 e. The number of phenolic OH excluding ortho intramolecular Hbond substituents is 1. The van der Waals surface area contributed by atoms with Gasteiger partial charge >= 0.3 is 29.6 Å². The van der Waals surface area contributed by atoms with Crippen LogP contribution >= 0.6 is 0 Å². The molecule has 0 radical (unpaired) electrons. The first-order valence-corrected chi connectivity index (χ1v) is 9.11. The zero-order chi connectivity index (χ0) is 19.2. The minimum absolute atomic E-state index is 0. The molecule has 11 heteroatoms. The van der Waals surface area contributed by atoms with Crippen molar-refractivity contribution < 1.29 is 57.2 Å². The standard InChI is InChI=1S/C16H17N3O6S.Na/c1-8-2-4-10-13(14(8)21)18-15(26(23,24)25)11-6-9(3-5-12(17)20)7-19(11)16(10)22;/h2-5,7,11,15,18,21H,6H2,1H3,(H2,17,20)(H,23,24,25);/q;+1/p-1/b5-3+;. The van der Waals surface area contributed by atoms with Gasteiger partial charge in [0.25, 0.3) is 5.91 Å². The predicted octanol–water partition coefficient (Wildman–Crippen LogP) is -2.86. The number of amides is 2. The quantitative estimate of drug-likeness (QED) is 0.213. The molecule has 1 aromatic carbocycles. The van der Waals surface area contributed by atoms with E-state index in [2.05, 4.69) is 5.32 Å². The summed E-state index contributed by atoms with van der Waals surface area (Å²) in [5.41, 5.74) is 5.89. The van der Waals surface area contributed by atoms with E-state index in [1.807, 2.05) is 0 Å². The number of hydrogen-bond acceptors (Lipinski definition) is 7. The summed E-state index contributed by atoms with van der Waals surface area (Å²) < 4.78 is 35.4. The van der Waals surface area contributed by atoms with E-state index < -0.39 is 33.3 Å². The van der Waals surface area contributed by atoms with E-state index in [1.165, 1.54) is 24.4 Å². The summed E-state index contributed by atoms with van der Waals surface area (Å²) in [6, 6.07) is 1.94. The van der Waals surface area contributed by atoms with Crippen LogP contribution in [-0.2, 0) is 14.9 Å². The molecular formula is C16H16N3NaO6S. The monoisotopic (exact) mass is 401 g/mol. The number of nitrogens with one attached hydrogen (secondary N) is 1. The summed E-state index contributed by atoms with van der Waals surface area (Å²) in [7, 11) is -4.87. The van der Waals surface area contributed by atoms with Gasteiger partial charge in [-0.15, -0.1) is 0 Å². The van der Waals surface area contributed by atoms with Crippen LogP contribution < -0.4 is 40.6 Å². The zero-order valence-electron chi connectivity index (χ0n) is 14.7. The van der Waals surface area contributed by atoms with E-state index in [4.69, 9.17) is 5.73 Å². The number of phenols is 1. The van der Waals surface area contributed by atoms with E-state index in [0.29, 0.717) is 11.1 Å². The molecule has 2 amide bonds. The van der Waals surface area contributed by atoms with Gasteiger partial charge in [0.05, 0.1) is 17.3 Å². The molecule has 138 valence electrons. The maximum absolute atomic E-state index is 12.9. The topological polar surface area (TPSA) is 153 Å². The maximum atomic E-state index is 12.9. The van der Waals surface area contributed by atoms with Crippen LogP contribution in [0.15, 0.2) is 36.1 Å². The molecule has 0 saturated carbocycles. The van der Waals surface area contributed by atoms with Gasteiger partial charge in [0.2, 0.25) is 5.91 Å². The number of aromatic hydroxyl groups is 1. The Morgan fingerprint density at radius 3 is 2.70 bits per heavy atom. The molecule has 1 aromatic rings. The summed E-state index contributed by atoms with van der Waals surface area (Å²) in [6.45, 7) is 1.58. The number of aryl methyl sites for hydroxylation is 1. The first kappa shape index (κ1) is 21.5. The Morgan fingerprint density at radius 2 is 2.11 bits per heavy atom. The van der Waals surface area contributed by atoms with Gasteiger partial charge in [0, 0.05) is 12.3 Å². The fraction of sp³-hybridized carbons (Fsp3) is 0.250. The number of benzene rings is 1. The van der Waals surface area contributed by atoms with Crippen LogP contribution in [0.5, 0.6) is 5.75 Å². The number of carbonyl (C=O) groups excluding carboxylic acids is 2. The Labute approximate surface area is 177 Å². The Morgan fingerprint density at radius 1 is 1.44 bits per heavy atom. The second-order valence-electron chi connectivity index (χ2n) is 6.13. The van der Waals surface area contributed by atoms with Crippen molar-refractivity contribution in [1.82, 2.24) is 4.90 Å². The van der Waals surface area contributed by atoms with E-state index in [-0.39, 0.29) is 53.0 Å². The van der Waals surface area contributed by atoms with Gasteiger partial charge in [0.1, 0.15) is 21.2 Å². The molecule has 0 aliphatic carbocycles. The number of nitrogens with zero attached hydrogens (tertiary/aromatic N) is 1. The molecule has 2 unspecified atom stereocenters. The molecule has 2 atom stereocenters. The van der Waals surface area contributed by atoms with Gasteiger partial charge in [-0.3, -0.25) is 9.59 Å². The van der Waals surface area contributed by atoms with Gasteiger partial charge in [0.15, 0.2) is 0 Å². The second-order valence-corrected chi connectivity index (χ2v) is 7.63. The molecule has 2 aliphatic heterocycles. The van der Waals surface area contributed by atoms with Crippen LogP contribution in [0.25, 0.3) is 0 Å². The van der Waals surface area contributed by atoms with Crippen molar-refractivity contribution in [2.24, 2.45) is 5.73 Å². The number of carbonyl (C=O) groups is 2. The molecule has 0 spiro atoms. The first-order chi connectivity index (χ1) is 12.1. The molecule has 27 heavy (non-hydrogen) atoms. The molecule has 4 N–H and O–H groups in total. The van der Waals surface area contributed by atoms with Crippen LogP contribution in [0.3, 0.4) is 0 Å². The van der Waals surface area contributed by atoms with Crippen molar-refractivity contribution >= 4 is 27.6 Å². The predicted molar refractivity (Wildman–Crippen MR) is 90.9 cm³/mol. The van der Waals surface area contributed by atoms with Crippen molar-refractivity contribution in [3.63, 3.8) is 0 Å². The molecular weight excluding hydrogens is 385 g/mol. The van der Waals surface area contributed by atoms with Gasteiger partial charge in [-0.1, -0.05) is 12.1 Å². The molecule has 0 bridgehead atoms. The number of allylic oxidation sites excluding steroid dienone is 1.